The molecule has 1 fully saturated rings. The molecular formula is C22H34IN5O. The summed E-state index contributed by atoms with van der Waals surface area (Å²) in [6, 6.07) is 10.7. The Morgan fingerprint density at radius 1 is 1.24 bits per heavy atom. The molecule has 2 aromatic rings. The minimum absolute atomic E-state index is 0. The number of piperidine rings is 1. The molecule has 29 heavy (non-hydrogen) atoms. The van der Waals surface area contributed by atoms with E-state index in [0.717, 1.165) is 49.3 Å². The first-order valence-electron chi connectivity index (χ1n) is 10.5. The number of aliphatic imine (C=N–C) groups is 1. The Bertz CT molecular complexity index is 734. The van der Waals surface area contributed by atoms with Crippen molar-refractivity contribution in [3.05, 3.63) is 42.3 Å². The molecule has 0 aliphatic carbocycles. The van der Waals surface area contributed by atoms with Gasteiger partial charge in [-0.3, -0.25) is 0 Å². The van der Waals surface area contributed by atoms with Crippen LogP contribution in [0, 0.1) is 0 Å². The molecule has 2 heterocycles. The minimum atomic E-state index is 0. The molecule has 3 rings (SSSR count). The van der Waals surface area contributed by atoms with Crippen LogP contribution < -0.4 is 10.6 Å². The average Bonchev–Trinajstić information content (AvgIpc) is 3.20. The van der Waals surface area contributed by atoms with E-state index < -0.39 is 0 Å². The predicted molar refractivity (Wildman–Crippen MR) is 130 cm³/mol. The number of hydrogen-bond acceptors (Lipinski definition) is 4. The zero-order chi connectivity index (χ0) is 19.6. The first-order chi connectivity index (χ1) is 13.8. The summed E-state index contributed by atoms with van der Waals surface area (Å²) in [6.45, 7) is 9.07. The highest BCUT2D eigenvalue weighted by Crippen LogP contribution is 2.18. The van der Waals surface area contributed by atoms with Gasteiger partial charge in [0.05, 0.1) is 6.54 Å². The fraction of sp³-hybridized carbons (Fsp3) is 0.545. The van der Waals surface area contributed by atoms with Gasteiger partial charge in [0.15, 0.2) is 5.96 Å². The van der Waals surface area contributed by atoms with Crippen LogP contribution >= 0.6 is 24.0 Å². The molecule has 1 aromatic carbocycles. The lowest BCUT2D eigenvalue weighted by atomic mass is 10.0. The van der Waals surface area contributed by atoms with E-state index in [9.17, 15) is 0 Å². The maximum absolute atomic E-state index is 5.59. The topological polar surface area (TPSA) is 65.7 Å². The first kappa shape index (κ1) is 23.7. The van der Waals surface area contributed by atoms with Gasteiger partial charge in [-0.05, 0) is 51.8 Å². The van der Waals surface area contributed by atoms with Crippen molar-refractivity contribution in [3.8, 4) is 11.5 Å². The highest BCUT2D eigenvalue weighted by atomic mass is 127. The van der Waals surface area contributed by atoms with Crippen LogP contribution in [-0.4, -0.2) is 48.1 Å². The van der Waals surface area contributed by atoms with E-state index in [1.807, 2.05) is 30.3 Å². The maximum atomic E-state index is 5.59. The smallest absolute Gasteiger partial charge is 0.226 e. The van der Waals surface area contributed by atoms with Gasteiger partial charge in [-0.15, -0.1) is 24.0 Å². The molecule has 0 spiro atoms. The fourth-order valence-corrected chi connectivity index (χ4v) is 3.57. The highest BCUT2D eigenvalue weighted by molar-refractivity contribution is 14.0. The van der Waals surface area contributed by atoms with Crippen LogP contribution in [0.25, 0.3) is 11.5 Å². The third-order valence-electron chi connectivity index (χ3n) is 5.17. The number of aromatic nitrogens is 1. The molecule has 1 atom stereocenters. The highest BCUT2D eigenvalue weighted by Gasteiger charge is 2.17. The van der Waals surface area contributed by atoms with Gasteiger partial charge in [-0.1, -0.05) is 24.6 Å². The molecule has 7 heteroatoms. The summed E-state index contributed by atoms with van der Waals surface area (Å²) in [5.41, 5.74) is 1.81. The summed E-state index contributed by atoms with van der Waals surface area (Å²) in [4.78, 5) is 11.8. The summed E-state index contributed by atoms with van der Waals surface area (Å²) in [5, 5.41) is 6.74. The number of rotatable bonds is 8. The van der Waals surface area contributed by atoms with Crippen molar-refractivity contribution in [3.63, 3.8) is 0 Å². The summed E-state index contributed by atoms with van der Waals surface area (Å²) >= 11 is 0. The van der Waals surface area contributed by atoms with E-state index in [1.165, 1.54) is 25.8 Å². The molecule has 0 saturated carbocycles. The second kappa shape index (κ2) is 12.8. The molecule has 1 aliphatic heterocycles. The molecule has 0 amide bonds. The van der Waals surface area contributed by atoms with Gasteiger partial charge < -0.3 is 20.0 Å². The first-order valence-corrected chi connectivity index (χ1v) is 10.5. The Labute approximate surface area is 191 Å². The fourth-order valence-electron chi connectivity index (χ4n) is 3.57. The van der Waals surface area contributed by atoms with Crippen molar-refractivity contribution in [2.75, 3.05) is 26.2 Å². The SMILES string of the molecule is CCNC(=NCc1coc(-c2ccccc2)n1)NCCCN1CCCCC1C.I. The van der Waals surface area contributed by atoms with E-state index in [4.69, 9.17) is 4.42 Å². The maximum Gasteiger partial charge on any atom is 0.226 e. The second-order valence-electron chi connectivity index (χ2n) is 7.37. The number of benzene rings is 1. The standard InChI is InChI=1S/C22H33N5O.HI/c1-3-23-22(24-13-9-15-27-14-8-7-10-18(27)2)25-16-20-17-28-21(26-20)19-11-5-4-6-12-19;/h4-6,11-12,17-18H,3,7-10,13-16H2,1-2H3,(H2,23,24,25);1H. The van der Waals surface area contributed by atoms with Crippen molar-refractivity contribution < 1.29 is 4.42 Å². The number of nitrogens with zero attached hydrogens (tertiary/aromatic N) is 3. The van der Waals surface area contributed by atoms with Crippen LogP contribution in [0.5, 0.6) is 0 Å². The van der Waals surface area contributed by atoms with Crippen LogP contribution in [0.4, 0.5) is 0 Å². The Hall–Kier alpha value is -1.61. The molecule has 2 N–H and O–H groups in total. The number of guanidine groups is 1. The van der Waals surface area contributed by atoms with E-state index >= 15 is 0 Å². The number of hydrogen-bond donors (Lipinski definition) is 2. The molecule has 0 bridgehead atoms. The van der Waals surface area contributed by atoms with Gasteiger partial charge in [-0.2, -0.15) is 0 Å². The lowest BCUT2D eigenvalue weighted by molar-refractivity contribution is 0.159. The van der Waals surface area contributed by atoms with Crippen molar-refractivity contribution in [1.82, 2.24) is 20.5 Å². The normalized spacial score (nSPS) is 17.6. The molecule has 1 aromatic heterocycles. The largest absolute Gasteiger partial charge is 0.444 e. The van der Waals surface area contributed by atoms with Crippen LogP contribution in [0.3, 0.4) is 0 Å². The lowest BCUT2D eigenvalue weighted by Gasteiger charge is -2.33. The zero-order valence-electron chi connectivity index (χ0n) is 17.6. The number of halogens is 1. The number of oxazole rings is 1. The van der Waals surface area contributed by atoms with E-state index in [0.29, 0.717) is 12.4 Å². The van der Waals surface area contributed by atoms with Gasteiger partial charge in [0.2, 0.25) is 5.89 Å². The molecule has 1 aliphatic rings. The molecular weight excluding hydrogens is 477 g/mol. The quantitative estimate of drug-likeness (QED) is 0.240. The van der Waals surface area contributed by atoms with Gasteiger partial charge in [0.25, 0.3) is 0 Å². The van der Waals surface area contributed by atoms with Crippen LogP contribution in [-0.2, 0) is 6.54 Å². The van der Waals surface area contributed by atoms with Gasteiger partial charge in [-0.25, -0.2) is 9.98 Å². The van der Waals surface area contributed by atoms with Crippen molar-refractivity contribution in [2.24, 2.45) is 4.99 Å². The van der Waals surface area contributed by atoms with Crippen LogP contribution in [0.2, 0.25) is 0 Å². The van der Waals surface area contributed by atoms with Gasteiger partial charge in [0, 0.05) is 31.2 Å². The monoisotopic (exact) mass is 511 g/mol. The van der Waals surface area contributed by atoms with E-state index in [-0.39, 0.29) is 24.0 Å². The van der Waals surface area contributed by atoms with Crippen molar-refractivity contribution in [1.29, 1.82) is 0 Å². The third-order valence-corrected chi connectivity index (χ3v) is 5.17. The van der Waals surface area contributed by atoms with Gasteiger partial charge in [0.1, 0.15) is 12.0 Å². The number of likely N-dealkylation sites (tertiary alicyclic amines) is 1. The van der Waals surface area contributed by atoms with Gasteiger partial charge >= 0.3 is 0 Å². The summed E-state index contributed by atoms with van der Waals surface area (Å²) in [7, 11) is 0. The van der Waals surface area contributed by atoms with Crippen molar-refractivity contribution >= 4 is 29.9 Å². The minimum Gasteiger partial charge on any atom is -0.444 e. The van der Waals surface area contributed by atoms with Crippen LogP contribution in [0.15, 0.2) is 46.0 Å². The Morgan fingerprint density at radius 3 is 2.83 bits per heavy atom. The van der Waals surface area contributed by atoms with Crippen LogP contribution in [0.1, 0.15) is 45.2 Å². The lowest BCUT2D eigenvalue weighted by Crippen LogP contribution is -2.41. The molecule has 160 valence electrons. The number of nitrogens with one attached hydrogen (secondary N) is 2. The molecule has 0 radical (unpaired) electrons. The third kappa shape index (κ3) is 7.62. The summed E-state index contributed by atoms with van der Waals surface area (Å²) in [6.07, 6.45) is 6.86. The summed E-state index contributed by atoms with van der Waals surface area (Å²) < 4.78 is 5.59. The Morgan fingerprint density at radius 2 is 2.07 bits per heavy atom. The second-order valence-corrected chi connectivity index (χ2v) is 7.37. The average molecular weight is 511 g/mol. The predicted octanol–water partition coefficient (Wildman–Crippen LogP) is 4.28. The molecule has 6 nitrogen and oxygen atoms in total. The van der Waals surface area contributed by atoms with Crippen molar-refractivity contribution in [2.45, 2.75) is 52.1 Å². The summed E-state index contributed by atoms with van der Waals surface area (Å²) in [5.74, 6) is 1.47. The molecule has 1 unspecified atom stereocenters. The Kier molecular flexibility index (Phi) is 10.5. The zero-order valence-corrected chi connectivity index (χ0v) is 19.9. The van der Waals surface area contributed by atoms with E-state index in [2.05, 4.69) is 39.4 Å². The molecule has 1 saturated heterocycles. The Balaban J connectivity index is 0.00000300. The van der Waals surface area contributed by atoms with E-state index in [1.54, 1.807) is 6.26 Å².